The molecular weight excluding hydrogens is 460 g/mol. The molecule has 0 bridgehead atoms. The predicted octanol–water partition coefficient (Wildman–Crippen LogP) is 3.69. The third kappa shape index (κ3) is 5.89. The van der Waals surface area contributed by atoms with Crippen molar-refractivity contribution < 1.29 is 14.3 Å². The lowest BCUT2D eigenvalue weighted by atomic mass is 10.1. The van der Waals surface area contributed by atoms with Gasteiger partial charge in [0.25, 0.3) is 0 Å². The second kappa shape index (κ2) is 10.6. The molecule has 2 aromatic heterocycles. The molecule has 182 valence electrons. The lowest BCUT2D eigenvalue weighted by molar-refractivity contribution is -0.134. The summed E-state index contributed by atoms with van der Waals surface area (Å²) in [7, 11) is 0. The lowest BCUT2D eigenvalue weighted by Crippen LogP contribution is -2.46. The number of pyridine rings is 1. The Labute approximate surface area is 209 Å². The molecule has 0 radical (unpaired) electrons. The number of nitrogens with one attached hydrogen (secondary N) is 1. The largest absolute Gasteiger partial charge is 0.484 e. The fourth-order valence-electron chi connectivity index (χ4n) is 4.76. The minimum atomic E-state index is -0.138. The summed E-state index contributed by atoms with van der Waals surface area (Å²) in [5.41, 5.74) is 4.42. The van der Waals surface area contributed by atoms with Crippen LogP contribution in [0.4, 0.5) is 0 Å². The maximum Gasteiger partial charge on any atom is 0.237 e. The summed E-state index contributed by atoms with van der Waals surface area (Å²) in [5, 5.41) is 7.18. The summed E-state index contributed by atoms with van der Waals surface area (Å²) >= 11 is 1.65. The van der Waals surface area contributed by atoms with Gasteiger partial charge in [0.2, 0.25) is 11.8 Å². The molecule has 2 aliphatic heterocycles. The van der Waals surface area contributed by atoms with Gasteiger partial charge < -0.3 is 15.0 Å². The van der Waals surface area contributed by atoms with Gasteiger partial charge in [0.1, 0.15) is 11.9 Å². The van der Waals surface area contributed by atoms with Crippen molar-refractivity contribution in [3.8, 4) is 5.75 Å². The van der Waals surface area contributed by atoms with Gasteiger partial charge in [0, 0.05) is 62.2 Å². The number of hydrogen-bond acceptors (Lipinski definition) is 6. The summed E-state index contributed by atoms with van der Waals surface area (Å²) in [6.45, 7) is 4.61. The van der Waals surface area contributed by atoms with Gasteiger partial charge in [-0.2, -0.15) is 11.3 Å². The van der Waals surface area contributed by atoms with Crippen LogP contribution in [0.25, 0.3) is 0 Å². The van der Waals surface area contributed by atoms with Gasteiger partial charge in [-0.25, -0.2) is 0 Å². The molecule has 1 fully saturated rings. The normalized spacial score (nSPS) is 20.0. The lowest BCUT2D eigenvalue weighted by Gasteiger charge is -2.29. The average Bonchev–Trinajstić information content (AvgIpc) is 3.49. The fraction of sp³-hybridized carbons (Fsp3) is 0.370. The van der Waals surface area contributed by atoms with Crippen LogP contribution in [0.15, 0.2) is 59.6 Å². The van der Waals surface area contributed by atoms with Crippen LogP contribution in [-0.4, -0.2) is 52.3 Å². The summed E-state index contributed by atoms with van der Waals surface area (Å²) in [4.78, 5) is 33.6. The van der Waals surface area contributed by atoms with E-state index in [4.69, 9.17) is 4.74 Å². The van der Waals surface area contributed by atoms with E-state index in [1.165, 1.54) is 5.56 Å². The maximum absolute atomic E-state index is 13.7. The van der Waals surface area contributed by atoms with E-state index >= 15 is 0 Å². The van der Waals surface area contributed by atoms with Crippen molar-refractivity contribution in [1.29, 1.82) is 0 Å². The van der Waals surface area contributed by atoms with E-state index in [1.54, 1.807) is 23.7 Å². The number of aromatic nitrogens is 1. The molecule has 8 heteroatoms. The fourth-order valence-corrected chi connectivity index (χ4v) is 5.47. The maximum atomic E-state index is 13.7. The SMILES string of the molecule is Cc1ccc2c(c1)CN(CC(=O)N(Cc1ccncc1)C[C@@H]1CCC(=O)N1)CC(c1ccsc1)O2. The zero-order chi connectivity index (χ0) is 24.2. The van der Waals surface area contributed by atoms with Gasteiger partial charge in [0.05, 0.1) is 6.54 Å². The van der Waals surface area contributed by atoms with Crippen molar-refractivity contribution in [3.05, 3.63) is 81.8 Å². The molecule has 5 rings (SSSR count). The third-order valence-electron chi connectivity index (χ3n) is 6.58. The zero-order valence-corrected chi connectivity index (χ0v) is 20.7. The molecule has 35 heavy (non-hydrogen) atoms. The molecule has 1 N–H and O–H groups in total. The summed E-state index contributed by atoms with van der Waals surface area (Å²) < 4.78 is 6.43. The van der Waals surface area contributed by atoms with E-state index in [2.05, 4.69) is 51.1 Å². The Morgan fingerprint density at radius 3 is 2.86 bits per heavy atom. The van der Waals surface area contributed by atoms with Crippen LogP contribution >= 0.6 is 11.3 Å². The molecule has 1 saturated heterocycles. The van der Waals surface area contributed by atoms with Gasteiger partial charge in [-0.05, 0) is 53.9 Å². The molecular formula is C27H30N4O3S. The Morgan fingerprint density at radius 2 is 2.11 bits per heavy atom. The molecule has 1 aromatic carbocycles. The second-order valence-corrected chi connectivity index (χ2v) is 10.2. The first-order chi connectivity index (χ1) is 17.0. The number of ether oxygens (including phenoxy) is 1. The number of aryl methyl sites for hydroxylation is 1. The molecule has 4 heterocycles. The Hall–Kier alpha value is -3.23. The van der Waals surface area contributed by atoms with Crippen LogP contribution in [0.1, 0.15) is 41.2 Å². The molecule has 0 spiro atoms. The van der Waals surface area contributed by atoms with E-state index in [9.17, 15) is 9.59 Å². The second-order valence-electron chi connectivity index (χ2n) is 9.38. The van der Waals surface area contributed by atoms with E-state index in [0.717, 1.165) is 28.9 Å². The monoisotopic (exact) mass is 490 g/mol. The number of amides is 2. The van der Waals surface area contributed by atoms with Gasteiger partial charge in [-0.1, -0.05) is 17.7 Å². The van der Waals surface area contributed by atoms with E-state index in [-0.39, 0.29) is 30.5 Å². The van der Waals surface area contributed by atoms with Crippen molar-refractivity contribution in [2.45, 2.75) is 45.0 Å². The average molecular weight is 491 g/mol. The van der Waals surface area contributed by atoms with Crippen molar-refractivity contribution >= 4 is 23.2 Å². The highest BCUT2D eigenvalue weighted by Crippen LogP contribution is 2.32. The van der Waals surface area contributed by atoms with Crippen LogP contribution in [0.3, 0.4) is 0 Å². The Morgan fingerprint density at radius 1 is 1.26 bits per heavy atom. The number of hydrogen-bond donors (Lipinski definition) is 1. The summed E-state index contributed by atoms with van der Waals surface area (Å²) in [5.74, 6) is 0.980. The van der Waals surface area contributed by atoms with Crippen molar-refractivity contribution in [2.75, 3.05) is 19.6 Å². The Bertz CT molecular complexity index is 1170. The molecule has 2 aliphatic rings. The van der Waals surface area contributed by atoms with Crippen molar-refractivity contribution in [1.82, 2.24) is 20.1 Å². The third-order valence-corrected chi connectivity index (χ3v) is 7.28. The van der Waals surface area contributed by atoms with Gasteiger partial charge in [-0.15, -0.1) is 0 Å². The highest BCUT2D eigenvalue weighted by Gasteiger charge is 2.29. The first kappa shape index (κ1) is 23.5. The van der Waals surface area contributed by atoms with E-state index in [0.29, 0.717) is 32.6 Å². The summed E-state index contributed by atoms with van der Waals surface area (Å²) in [6, 6.07) is 12.2. The number of carbonyl (C=O) groups is 2. The van der Waals surface area contributed by atoms with Crippen LogP contribution < -0.4 is 10.1 Å². The Kier molecular flexibility index (Phi) is 7.11. The van der Waals surface area contributed by atoms with Gasteiger partial charge in [0.15, 0.2) is 0 Å². The van der Waals surface area contributed by atoms with E-state index in [1.807, 2.05) is 23.1 Å². The van der Waals surface area contributed by atoms with Crippen LogP contribution in [0, 0.1) is 6.92 Å². The molecule has 1 unspecified atom stereocenters. The highest BCUT2D eigenvalue weighted by molar-refractivity contribution is 7.07. The molecule has 2 amide bonds. The number of nitrogens with zero attached hydrogens (tertiary/aromatic N) is 3. The quantitative estimate of drug-likeness (QED) is 0.547. The predicted molar refractivity (Wildman–Crippen MR) is 135 cm³/mol. The molecule has 7 nitrogen and oxygen atoms in total. The van der Waals surface area contributed by atoms with Crippen LogP contribution in [0.2, 0.25) is 0 Å². The number of fused-ring (bicyclic) bond motifs is 1. The first-order valence-corrected chi connectivity index (χ1v) is 12.9. The van der Waals surface area contributed by atoms with Crippen molar-refractivity contribution in [2.24, 2.45) is 0 Å². The number of carbonyl (C=O) groups excluding carboxylic acids is 2. The standard InChI is InChI=1S/C27H30N4O3S/c1-19-2-4-24-22(12-19)14-30(16-25(34-24)21-8-11-35-18-21)17-27(33)31(13-20-6-9-28-10-7-20)15-23-3-5-26(32)29-23/h2,4,6-12,18,23,25H,3,5,13-17H2,1H3,(H,29,32)/t23-,25?/m0/s1. The number of thiophene rings is 1. The van der Waals surface area contributed by atoms with Crippen LogP contribution in [0.5, 0.6) is 5.75 Å². The first-order valence-electron chi connectivity index (χ1n) is 12.0. The molecule has 0 aliphatic carbocycles. The molecule has 3 aromatic rings. The zero-order valence-electron chi connectivity index (χ0n) is 19.9. The molecule has 0 saturated carbocycles. The van der Waals surface area contributed by atoms with Crippen molar-refractivity contribution in [3.63, 3.8) is 0 Å². The summed E-state index contributed by atoms with van der Waals surface area (Å²) in [6.07, 6.45) is 4.62. The minimum Gasteiger partial charge on any atom is -0.484 e. The number of benzene rings is 1. The number of rotatable bonds is 7. The van der Waals surface area contributed by atoms with Gasteiger partial charge in [-0.3, -0.25) is 19.5 Å². The van der Waals surface area contributed by atoms with E-state index < -0.39 is 0 Å². The topological polar surface area (TPSA) is 74.8 Å². The van der Waals surface area contributed by atoms with Gasteiger partial charge >= 0.3 is 0 Å². The Balaban J connectivity index is 1.36. The van der Waals surface area contributed by atoms with Crippen LogP contribution in [-0.2, 0) is 22.7 Å². The smallest absolute Gasteiger partial charge is 0.237 e. The highest BCUT2D eigenvalue weighted by atomic mass is 32.1. The molecule has 2 atom stereocenters. The minimum absolute atomic E-state index is 0.0114.